The minimum Gasteiger partial charge on any atom is -0.323 e. The Balaban J connectivity index is 1.37. The van der Waals surface area contributed by atoms with Gasteiger partial charge in [-0.2, -0.15) is 0 Å². The summed E-state index contributed by atoms with van der Waals surface area (Å²) in [6.45, 7) is 0. The van der Waals surface area contributed by atoms with Crippen molar-refractivity contribution in [3.63, 3.8) is 0 Å². The first kappa shape index (κ1) is 27.5. The molecule has 4 aromatic rings. The molecule has 4 aliphatic rings. The Kier molecular flexibility index (Phi) is 6.45. The molecule has 42 heavy (non-hydrogen) atoms. The Hall–Kier alpha value is -3.35. The summed E-state index contributed by atoms with van der Waals surface area (Å²) in [4.78, 5) is 41.5. The first-order chi connectivity index (χ1) is 20.2. The molecule has 3 amide bonds. The lowest BCUT2D eigenvalue weighted by atomic mass is 9.54. The molecule has 1 aliphatic heterocycles. The predicted molar refractivity (Wildman–Crippen MR) is 164 cm³/mol. The van der Waals surface area contributed by atoms with Gasteiger partial charge in [-0.3, -0.25) is 19.3 Å². The van der Waals surface area contributed by atoms with Crippen LogP contribution < -0.4 is 5.32 Å². The summed E-state index contributed by atoms with van der Waals surface area (Å²) in [6, 6.07) is 27.5. The number of halogens is 4. The van der Waals surface area contributed by atoms with Gasteiger partial charge in [0.25, 0.3) is 0 Å². The quantitative estimate of drug-likeness (QED) is 0.187. The van der Waals surface area contributed by atoms with Crippen molar-refractivity contribution in [2.45, 2.75) is 22.2 Å². The minimum atomic E-state index is -1.35. The lowest BCUT2D eigenvalue weighted by Gasteiger charge is -2.54. The SMILES string of the molecule is O=C(Nc1cc(Cl)ccc1Cl)[C@H](Cc1ccccc1)N1C(=O)[C@@H]2[C@@H](C1=O)C1(Cl)c3ccccc3C2(Cl)c2ccccc21. The first-order valence-electron chi connectivity index (χ1n) is 13.4. The molecule has 0 unspecified atom stereocenters. The van der Waals surface area contributed by atoms with Crippen LogP contribution in [-0.2, 0) is 30.6 Å². The zero-order chi connectivity index (χ0) is 29.4. The average molecular weight is 636 g/mol. The van der Waals surface area contributed by atoms with Crippen LogP contribution in [0, 0.1) is 11.8 Å². The normalized spacial score (nSPS) is 26.0. The number of carbonyl (C=O) groups is 3. The molecule has 0 aromatic heterocycles. The third-order valence-corrected chi connectivity index (χ3v) is 10.5. The molecule has 1 heterocycles. The number of imide groups is 1. The Labute approximate surface area is 262 Å². The fourth-order valence-corrected chi connectivity index (χ4v) is 8.38. The maximum Gasteiger partial charge on any atom is 0.248 e. The maximum atomic E-state index is 14.6. The van der Waals surface area contributed by atoms with Crippen LogP contribution in [0.3, 0.4) is 0 Å². The first-order valence-corrected chi connectivity index (χ1v) is 14.9. The molecule has 1 fully saturated rings. The predicted octanol–water partition coefficient (Wildman–Crippen LogP) is 7.14. The molecule has 0 radical (unpaired) electrons. The fourth-order valence-electron chi connectivity index (χ4n) is 6.94. The van der Waals surface area contributed by atoms with Gasteiger partial charge in [-0.05, 0) is 46.0 Å². The van der Waals surface area contributed by atoms with Gasteiger partial charge in [0, 0.05) is 11.4 Å². The van der Waals surface area contributed by atoms with E-state index in [2.05, 4.69) is 5.32 Å². The second kappa shape index (κ2) is 9.85. The van der Waals surface area contributed by atoms with Gasteiger partial charge in [-0.25, -0.2) is 0 Å². The molecule has 3 atom stereocenters. The van der Waals surface area contributed by atoms with Crippen molar-refractivity contribution in [2.24, 2.45) is 11.8 Å². The monoisotopic (exact) mass is 634 g/mol. The van der Waals surface area contributed by atoms with E-state index < -0.39 is 45.3 Å². The Morgan fingerprint density at radius 3 is 1.71 bits per heavy atom. The zero-order valence-electron chi connectivity index (χ0n) is 21.9. The van der Waals surface area contributed by atoms with Gasteiger partial charge in [0.1, 0.15) is 15.8 Å². The number of hydrogen-bond acceptors (Lipinski definition) is 3. The van der Waals surface area contributed by atoms with Crippen molar-refractivity contribution < 1.29 is 14.4 Å². The van der Waals surface area contributed by atoms with E-state index >= 15 is 0 Å². The number of hydrogen-bond donors (Lipinski definition) is 1. The molecule has 0 saturated carbocycles. The lowest BCUT2D eigenvalue weighted by molar-refractivity contribution is -0.146. The fraction of sp³-hybridized carbons (Fsp3) is 0.182. The molecule has 210 valence electrons. The number of alkyl halides is 2. The van der Waals surface area contributed by atoms with E-state index in [4.69, 9.17) is 46.4 Å². The summed E-state index contributed by atoms with van der Waals surface area (Å²) >= 11 is 27.7. The summed E-state index contributed by atoms with van der Waals surface area (Å²) in [5, 5.41) is 3.43. The number of rotatable bonds is 5. The van der Waals surface area contributed by atoms with Gasteiger partial charge in [0.2, 0.25) is 17.7 Å². The van der Waals surface area contributed by atoms with Crippen LogP contribution in [-0.4, -0.2) is 28.7 Å². The van der Waals surface area contributed by atoms with Gasteiger partial charge in [-0.1, -0.05) is 102 Å². The van der Waals surface area contributed by atoms with Gasteiger partial charge < -0.3 is 5.32 Å². The van der Waals surface area contributed by atoms with Gasteiger partial charge >= 0.3 is 0 Å². The number of amides is 3. The van der Waals surface area contributed by atoms with Crippen LogP contribution >= 0.6 is 46.4 Å². The van der Waals surface area contributed by atoms with Crippen molar-refractivity contribution in [3.05, 3.63) is 135 Å². The molecule has 4 aromatic carbocycles. The molecule has 1 saturated heterocycles. The standard InChI is InChI=1S/C33H22Cl4N2O3/c34-19-14-15-24(35)25(17-19)38-29(40)26(16-18-8-2-1-3-9-18)39-30(41)27-28(31(39)42)33(37)21-11-5-4-10-20(21)32(27,36)22-12-6-7-13-23(22)33/h1-15,17,26-28H,16H2,(H,38,40)/t26-,27-,28-,32?,33?/m0/s1. The summed E-state index contributed by atoms with van der Waals surface area (Å²) in [5.74, 6) is -3.70. The highest BCUT2D eigenvalue weighted by Crippen LogP contribution is 2.69. The molecular weight excluding hydrogens is 614 g/mol. The van der Waals surface area contributed by atoms with E-state index in [1.807, 2.05) is 78.9 Å². The summed E-state index contributed by atoms with van der Waals surface area (Å²) < 4.78 is 0. The molecule has 1 N–H and O–H groups in total. The lowest BCUT2D eigenvalue weighted by Crippen LogP contribution is -2.57. The van der Waals surface area contributed by atoms with Crippen molar-refractivity contribution >= 4 is 69.8 Å². The number of likely N-dealkylation sites (tertiary alicyclic amines) is 1. The van der Waals surface area contributed by atoms with E-state index in [1.165, 1.54) is 6.07 Å². The van der Waals surface area contributed by atoms with Crippen LogP contribution in [0.2, 0.25) is 10.0 Å². The molecule has 2 bridgehead atoms. The van der Waals surface area contributed by atoms with Crippen LogP contribution in [0.25, 0.3) is 0 Å². The second-order valence-corrected chi connectivity index (χ2v) is 12.9. The van der Waals surface area contributed by atoms with Crippen molar-refractivity contribution in [1.82, 2.24) is 4.90 Å². The van der Waals surface area contributed by atoms with Gasteiger partial charge in [0.15, 0.2) is 0 Å². The molecule has 5 nitrogen and oxygen atoms in total. The van der Waals surface area contributed by atoms with E-state index in [-0.39, 0.29) is 17.1 Å². The smallest absolute Gasteiger partial charge is 0.248 e. The minimum absolute atomic E-state index is 0.0756. The summed E-state index contributed by atoms with van der Waals surface area (Å²) in [7, 11) is 0. The zero-order valence-corrected chi connectivity index (χ0v) is 24.9. The molecule has 0 spiro atoms. The highest BCUT2D eigenvalue weighted by molar-refractivity contribution is 6.37. The van der Waals surface area contributed by atoms with E-state index in [0.717, 1.165) is 10.5 Å². The number of benzene rings is 4. The Morgan fingerprint density at radius 2 is 1.21 bits per heavy atom. The Morgan fingerprint density at radius 1 is 0.738 bits per heavy atom. The largest absolute Gasteiger partial charge is 0.323 e. The number of nitrogens with zero attached hydrogens (tertiary/aromatic N) is 1. The molecule has 3 aliphatic carbocycles. The Bertz CT molecular complexity index is 1670. The van der Waals surface area contributed by atoms with Crippen molar-refractivity contribution in [1.29, 1.82) is 0 Å². The van der Waals surface area contributed by atoms with Crippen LogP contribution in [0.1, 0.15) is 27.8 Å². The highest BCUT2D eigenvalue weighted by atomic mass is 35.5. The van der Waals surface area contributed by atoms with Crippen LogP contribution in [0.5, 0.6) is 0 Å². The average Bonchev–Trinajstić information content (AvgIpc) is 3.27. The second-order valence-electron chi connectivity index (χ2n) is 10.8. The van der Waals surface area contributed by atoms with Crippen LogP contribution in [0.4, 0.5) is 5.69 Å². The summed E-state index contributed by atoms with van der Waals surface area (Å²) in [5.41, 5.74) is 3.81. The number of carbonyl (C=O) groups excluding carboxylic acids is 3. The molecular formula is C33H22Cl4N2O3. The molecule has 9 heteroatoms. The topological polar surface area (TPSA) is 66.5 Å². The number of anilines is 1. The van der Waals surface area contributed by atoms with Crippen molar-refractivity contribution in [3.8, 4) is 0 Å². The third-order valence-electron chi connectivity index (χ3n) is 8.69. The maximum absolute atomic E-state index is 14.6. The number of nitrogens with one attached hydrogen (secondary N) is 1. The van der Waals surface area contributed by atoms with Gasteiger partial charge in [0.05, 0.1) is 22.5 Å². The van der Waals surface area contributed by atoms with Crippen molar-refractivity contribution in [2.75, 3.05) is 5.32 Å². The third kappa shape index (κ3) is 3.74. The molecule has 8 rings (SSSR count). The highest BCUT2D eigenvalue weighted by Gasteiger charge is 2.73. The van der Waals surface area contributed by atoms with Crippen LogP contribution in [0.15, 0.2) is 97.1 Å². The van der Waals surface area contributed by atoms with Gasteiger partial charge in [-0.15, -0.1) is 23.2 Å². The summed E-state index contributed by atoms with van der Waals surface area (Å²) in [6.07, 6.45) is 0.0756. The van der Waals surface area contributed by atoms with E-state index in [9.17, 15) is 14.4 Å². The van der Waals surface area contributed by atoms with E-state index in [0.29, 0.717) is 27.3 Å². The van der Waals surface area contributed by atoms with E-state index in [1.54, 1.807) is 12.1 Å².